The predicted molar refractivity (Wildman–Crippen MR) is 88.5 cm³/mol. The number of halogens is 1. The number of phenolic OH excluding ortho intramolecular Hbond substituents is 1. The minimum absolute atomic E-state index is 0.0832. The Kier molecular flexibility index (Phi) is 3.74. The minimum atomic E-state index is -1.94. The van der Waals surface area contributed by atoms with Crippen LogP contribution < -0.4 is 4.90 Å². The van der Waals surface area contributed by atoms with Gasteiger partial charge in [0.25, 0.3) is 5.91 Å². The van der Waals surface area contributed by atoms with Crippen LogP contribution in [0, 0.1) is 0 Å². The molecule has 0 spiro atoms. The molecule has 0 bridgehead atoms. The number of nitrogens with zero attached hydrogens (tertiary/aromatic N) is 1. The lowest BCUT2D eigenvalue weighted by Crippen LogP contribution is -2.40. The van der Waals surface area contributed by atoms with Gasteiger partial charge < -0.3 is 15.1 Å². The molecule has 1 atom stereocenters. The Bertz CT molecular complexity index is 820. The smallest absolute Gasteiger partial charge is 0.263 e. The topological polar surface area (TPSA) is 77.8 Å². The van der Waals surface area contributed by atoms with Crippen molar-refractivity contribution >= 4 is 33.3 Å². The summed E-state index contributed by atoms with van der Waals surface area (Å²) in [7, 11) is 1.55. The van der Waals surface area contributed by atoms with Crippen LogP contribution >= 0.6 is 15.9 Å². The number of fused-ring (bicyclic) bond motifs is 1. The van der Waals surface area contributed by atoms with Gasteiger partial charge in [-0.15, -0.1) is 0 Å². The van der Waals surface area contributed by atoms with Gasteiger partial charge in [-0.2, -0.15) is 0 Å². The maximum absolute atomic E-state index is 12.5. The van der Waals surface area contributed by atoms with E-state index in [1.165, 1.54) is 17.0 Å². The third kappa shape index (κ3) is 2.44. The van der Waals surface area contributed by atoms with Crippen LogP contribution in [0.3, 0.4) is 0 Å². The summed E-state index contributed by atoms with van der Waals surface area (Å²) in [6.07, 6.45) is -0.433. The summed E-state index contributed by atoms with van der Waals surface area (Å²) in [4.78, 5) is 26.3. The fraction of sp³-hybridized carbons (Fsp3) is 0.176. The number of hydrogen-bond acceptors (Lipinski definition) is 4. The summed E-state index contributed by atoms with van der Waals surface area (Å²) in [5.74, 6) is -1.23. The van der Waals surface area contributed by atoms with Crippen LogP contribution in [0.2, 0.25) is 0 Å². The Balaban J connectivity index is 2.03. The normalized spacial score (nSPS) is 19.8. The lowest BCUT2D eigenvalue weighted by molar-refractivity contribution is -0.135. The van der Waals surface area contributed by atoms with Gasteiger partial charge in [-0.1, -0.05) is 28.1 Å². The van der Waals surface area contributed by atoms with Gasteiger partial charge in [0.1, 0.15) is 5.75 Å². The standard InChI is InChI=1S/C17H14BrNO4/c1-19-13-7-6-10(18)8-12(13)17(23,16(19)22)9-15(21)11-4-2-3-5-14(11)20/h2-8,20,23H,9H2,1H3/t17-/m1/s1. The van der Waals surface area contributed by atoms with Crippen LogP contribution in [-0.2, 0) is 10.4 Å². The first-order valence-corrected chi connectivity index (χ1v) is 7.75. The van der Waals surface area contributed by atoms with Crippen molar-refractivity contribution in [3.8, 4) is 5.75 Å². The van der Waals surface area contributed by atoms with Gasteiger partial charge >= 0.3 is 0 Å². The van der Waals surface area contributed by atoms with Crippen molar-refractivity contribution in [2.45, 2.75) is 12.0 Å². The summed E-state index contributed by atoms with van der Waals surface area (Å²) >= 11 is 3.31. The Morgan fingerprint density at radius 2 is 1.96 bits per heavy atom. The number of carbonyl (C=O) groups excluding carboxylic acids is 2. The molecule has 0 radical (unpaired) electrons. The largest absolute Gasteiger partial charge is 0.507 e. The van der Waals surface area contributed by atoms with Gasteiger partial charge in [-0.05, 0) is 30.3 Å². The van der Waals surface area contributed by atoms with Crippen LogP contribution in [0.5, 0.6) is 5.75 Å². The van der Waals surface area contributed by atoms with Gasteiger partial charge in [0, 0.05) is 17.1 Å². The Morgan fingerprint density at radius 3 is 2.65 bits per heavy atom. The molecule has 0 fully saturated rings. The highest BCUT2D eigenvalue weighted by molar-refractivity contribution is 9.10. The number of ketones is 1. The monoisotopic (exact) mass is 375 g/mol. The first-order valence-electron chi connectivity index (χ1n) is 6.96. The second-order valence-corrected chi connectivity index (χ2v) is 6.42. The molecule has 2 aromatic carbocycles. The molecule has 0 saturated carbocycles. The van der Waals surface area contributed by atoms with E-state index >= 15 is 0 Å². The van der Waals surface area contributed by atoms with Crippen LogP contribution in [0.25, 0.3) is 0 Å². The van der Waals surface area contributed by atoms with Gasteiger partial charge in [0.2, 0.25) is 0 Å². The van der Waals surface area contributed by atoms with Crippen molar-refractivity contribution in [2.75, 3.05) is 11.9 Å². The number of hydrogen-bond donors (Lipinski definition) is 2. The number of likely N-dealkylation sites (N-methyl/N-ethyl adjacent to an activating group) is 1. The molecule has 1 heterocycles. The number of benzene rings is 2. The van der Waals surface area contributed by atoms with Crippen molar-refractivity contribution in [1.29, 1.82) is 0 Å². The molecule has 118 valence electrons. The minimum Gasteiger partial charge on any atom is -0.507 e. The van der Waals surface area contributed by atoms with Gasteiger partial charge in [0.05, 0.1) is 17.7 Å². The van der Waals surface area contributed by atoms with Crippen LogP contribution in [-0.4, -0.2) is 29.0 Å². The quantitative estimate of drug-likeness (QED) is 0.808. The number of amides is 1. The molecule has 23 heavy (non-hydrogen) atoms. The van der Waals surface area contributed by atoms with E-state index in [2.05, 4.69) is 15.9 Å². The highest BCUT2D eigenvalue weighted by Gasteiger charge is 2.50. The van der Waals surface area contributed by atoms with E-state index in [1.807, 2.05) is 0 Å². The molecular formula is C17H14BrNO4. The molecule has 1 aliphatic rings. The molecule has 1 amide bonds. The van der Waals surface area contributed by atoms with E-state index in [1.54, 1.807) is 37.4 Å². The molecule has 1 aliphatic heterocycles. The zero-order valence-corrected chi connectivity index (χ0v) is 13.9. The zero-order valence-electron chi connectivity index (χ0n) is 12.3. The fourth-order valence-corrected chi connectivity index (χ4v) is 3.20. The molecule has 0 aromatic heterocycles. The number of carbonyl (C=O) groups is 2. The summed E-state index contributed by atoms with van der Waals surface area (Å²) in [5, 5.41) is 20.7. The SMILES string of the molecule is CN1C(=O)[C@@](O)(CC(=O)c2ccccc2O)c2cc(Br)ccc21. The van der Waals surface area contributed by atoms with E-state index in [9.17, 15) is 19.8 Å². The molecule has 3 rings (SSSR count). The molecule has 0 unspecified atom stereocenters. The molecule has 2 N–H and O–H groups in total. The van der Waals surface area contributed by atoms with Crippen molar-refractivity contribution in [2.24, 2.45) is 0 Å². The lowest BCUT2D eigenvalue weighted by Gasteiger charge is -2.21. The van der Waals surface area contributed by atoms with E-state index in [-0.39, 0.29) is 11.3 Å². The second kappa shape index (κ2) is 5.47. The van der Waals surface area contributed by atoms with E-state index in [4.69, 9.17) is 0 Å². The third-order valence-electron chi connectivity index (χ3n) is 4.04. The molecule has 5 nitrogen and oxygen atoms in total. The molecule has 6 heteroatoms. The number of Topliss-reactive ketones (excluding diaryl/α,β-unsaturated/α-hetero) is 1. The Morgan fingerprint density at radius 1 is 1.26 bits per heavy atom. The van der Waals surface area contributed by atoms with E-state index in [0.717, 1.165) is 0 Å². The van der Waals surface area contributed by atoms with Gasteiger partial charge in [-0.25, -0.2) is 0 Å². The van der Waals surface area contributed by atoms with Crippen LogP contribution in [0.4, 0.5) is 5.69 Å². The highest BCUT2D eigenvalue weighted by Crippen LogP contribution is 2.43. The first kappa shape index (κ1) is 15.7. The lowest BCUT2D eigenvalue weighted by atomic mass is 9.88. The number of aliphatic hydroxyl groups is 1. The maximum atomic E-state index is 12.5. The second-order valence-electron chi connectivity index (χ2n) is 5.50. The van der Waals surface area contributed by atoms with Gasteiger partial charge in [-0.3, -0.25) is 9.59 Å². The Hall–Kier alpha value is -2.18. The average Bonchev–Trinajstić information content (AvgIpc) is 2.69. The summed E-state index contributed by atoms with van der Waals surface area (Å²) in [5.41, 5.74) is -0.915. The van der Waals surface area contributed by atoms with Crippen molar-refractivity contribution in [1.82, 2.24) is 0 Å². The number of aromatic hydroxyl groups is 1. The Labute approximate surface area is 141 Å². The number of anilines is 1. The molecular weight excluding hydrogens is 362 g/mol. The summed E-state index contributed by atoms with van der Waals surface area (Å²) in [6, 6.07) is 11.2. The van der Waals surface area contributed by atoms with Crippen LogP contribution in [0.15, 0.2) is 46.9 Å². The van der Waals surface area contributed by atoms with Crippen molar-refractivity contribution in [3.05, 3.63) is 58.1 Å². The summed E-state index contributed by atoms with van der Waals surface area (Å²) in [6.45, 7) is 0. The first-order chi connectivity index (χ1) is 10.8. The predicted octanol–water partition coefficient (Wildman–Crippen LogP) is 2.59. The summed E-state index contributed by atoms with van der Waals surface area (Å²) < 4.78 is 0.702. The maximum Gasteiger partial charge on any atom is 0.263 e. The number of rotatable bonds is 3. The van der Waals surface area contributed by atoms with E-state index in [0.29, 0.717) is 15.7 Å². The van der Waals surface area contributed by atoms with Gasteiger partial charge in [0.15, 0.2) is 11.4 Å². The van der Waals surface area contributed by atoms with Crippen molar-refractivity contribution in [3.63, 3.8) is 0 Å². The van der Waals surface area contributed by atoms with Crippen LogP contribution in [0.1, 0.15) is 22.3 Å². The molecule has 0 saturated heterocycles. The number of para-hydroxylation sites is 1. The number of phenols is 1. The average molecular weight is 376 g/mol. The highest BCUT2D eigenvalue weighted by atomic mass is 79.9. The molecule has 0 aliphatic carbocycles. The third-order valence-corrected chi connectivity index (χ3v) is 4.54. The fourth-order valence-electron chi connectivity index (χ4n) is 2.84. The van der Waals surface area contributed by atoms with E-state index < -0.39 is 23.7 Å². The molecule has 2 aromatic rings. The zero-order chi connectivity index (χ0) is 16.8. The van der Waals surface area contributed by atoms with Crippen molar-refractivity contribution < 1.29 is 19.8 Å².